The van der Waals surface area contributed by atoms with Gasteiger partial charge in [0, 0.05) is 23.2 Å². The highest BCUT2D eigenvalue weighted by atomic mass is 79.9. The molecule has 2 N–H and O–H groups in total. The highest BCUT2D eigenvalue weighted by molar-refractivity contribution is 9.10. The monoisotopic (exact) mass is 311 g/mol. The molecule has 0 spiro atoms. The summed E-state index contributed by atoms with van der Waals surface area (Å²) in [7, 11) is 0. The van der Waals surface area contributed by atoms with Crippen LogP contribution in [0.15, 0.2) is 34.8 Å². The molecule has 1 unspecified atom stereocenters. The lowest BCUT2D eigenvalue weighted by Gasteiger charge is -2.13. The largest absolute Gasteiger partial charge is 0.396 e. The smallest absolute Gasteiger partial charge is 0.244 e. The number of aliphatic hydroxyl groups is 1. The molecule has 0 heterocycles. The summed E-state index contributed by atoms with van der Waals surface area (Å²) in [5.41, 5.74) is 0.961. The van der Waals surface area contributed by atoms with Crippen molar-refractivity contribution in [2.45, 2.75) is 25.8 Å². The van der Waals surface area contributed by atoms with Gasteiger partial charge in [-0.1, -0.05) is 41.1 Å². The number of benzene rings is 1. The van der Waals surface area contributed by atoms with Gasteiger partial charge >= 0.3 is 0 Å². The molecule has 3 nitrogen and oxygen atoms in total. The molecule has 0 bridgehead atoms. The van der Waals surface area contributed by atoms with E-state index in [1.165, 1.54) is 6.08 Å². The Kier molecular flexibility index (Phi) is 6.68. The third-order valence-corrected chi connectivity index (χ3v) is 3.36. The number of rotatable bonds is 6. The second-order valence-electron chi connectivity index (χ2n) is 3.98. The first-order valence-corrected chi connectivity index (χ1v) is 6.80. The highest BCUT2D eigenvalue weighted by Crippen LogP contribution is 2.16. The third kappa shape index (κ3) is 5.02. The minimum atomic E-state index is -0.133. The molecule has 98 valence electrons. The van der Waals surface area contributed by atoms with Crippen molar-refractivity contribution in [3.8, 4) is 0 Å². The number of carbonyl (C=O) groups excluding carboxylic acids is 1. The van der Waals surface area contributed by atoms with E-state index in [4.69, 9.17) is 5.11 Å². The zero-order chi connectivity index (χ0) is 13.4. The maximum Gasteiger partial charge on any atom is 0.244 e. The summed E-state index contributed by atoms with van der Waals surface area (Å²) in [4.78, 5) is 11.7. The number of halogens is 1. The molecule has 0 aliphatic carbocycles. The molecule has 0 saturated carbocycles. The van der Waals surface area contributed by atoms with Crippen LogP contribution in [0.4, 0.5) is 0 Å². The van der Waals surface area contributed by atoms with Gasteiger partial charge in [0.15, 0.2) is 0 Å². The number of aliphatic hydroxyl groups excluding tert-OH is 1. The zero-order valence-electron chi connectivity index (χ0n) is 10.4. The minimum Gasteiger partial charge on any atom is -0.396 e. The van der Waals surface area contributed by atoms with Crippen molar-refractivity contribution in [1.29, 1.82) is 0 Å². The van der Waals surface area contributed by atoms with Gasteiger partial charge in [-0.05, 0) is 30.5 Å². The Bertz CT molecular complexity index is 418. The summed E-state index contributed by atoms with van der Waals surface area (Å²) in [6.07, 6.45) is 4.69. The Morgan fingerprint density at radius 3 is 2.83 bits per heavy atom. The Morgan fingerprint density at radius 2 is 2.22 bits per heavy atom. The number of carbonyl (C=O) groups is 1. The van der Waals surface area contributed by atoms with Gasteiger partial charge in [0.25, 0.3) is 0 Å². The summed E-state index contributed by atoms with van der Waals surface area (Å²) in [6.45, 7) is 2.07. The van der Waals surface area contributed by atoms with Crippen LogP contribution >= 0.6 is 15.9 Å². The molecule has 1 rings (SSSR count). The molecule has 0 fully saturated rings. The van der Waals surface area contributed by atoms with Gasteiger partial charge in [0.05, 0.1) is 0 Å². The summed E-state index contributed by atoms with van der Waals surface area (Å²) in [5, 5.41) is 11.7. The molecule has 4 heteroatoms. The molecular formula is C14H18BrNO2. The van der Waals surface area contributed by atoms with Crippen molar-refractivity contribution >= 4 is 27.9 Å². The molecule has 1 aromatic rings. The Morgan fingerprint density at radius 1 is 1.50 bits per heavy atom. The Balaban J connectivity index is 2.57. The maximum atomic E-state index is 11.7. The van der Waals surface area contributed by atoms with Gasteiger partial charge in [0.1, 0.15) is 0 Å². The molecule has 0 saturated heterocycles. The van der Waals surface area contributed by atoms with Crippen molar-refractivity contribution in [3.05, 3.63) is 40.4 Å². The number of nitrogens with one attached hydrogen (secondary N) is 1. The van der Waals surface area contributed by atoms with Gasteiger partial charge in [-0.25, -0.2) is 0 Å². The van der Waals surface area contributed by atoms with Crippen LogP contribution < -0.4 is 5.32 Å². The normalized spacial score (nSPS) is 12.6. The molecule has 0 aliphatic heterocycles. The van der Waals surface area contributed by atoms with E-state index >= 15 is 0 Å². The minimum absolute atomic E-state index is 0.0337. The zero-order valence-corrected chi connectivity index (χ0v) is 12.0. The SMILES string of the molecule is CCC(CCO)NC(=O)/C=C/c1ccccc1Br. The predicted octanol–water partition coefficient (Wildman–Crippen LogP) is 2.74. The van der Waals surface area contributed by atoms with Crippen molar-refractivity contribution in [2.24, 2.45) is 0 Å². The predicted molar refractivity (Wildman–Crippen MR) is 77.1 cm³/mol. The Hall–Kier alpha value is -1.13. The van der Waals surface area contributed by atoms with Crippen LogP contribution in [0.5, 0.6) is 0 Å². The van der Waals surface area contributed by atoms with Gasteiger partial charge < -0.3 is 10.4 Å². The molecule has 0 aromatic heterocycles. The van der Waals surface area contributed by atoms with Crippen molar-refractivity contribution in [1.82, 2.24) is 5.32 Å². The average molecular weight is 312 g/mol. The number of hydrogen-bond donors (Lipinski definition) is 2. The second-order valence-corrected chi connectivity index (χ2v) is 4.84. The van der Waals surface area contributed by atoms with E-state index < -0.39 is 0 Å². The number of hydrogen-bond acceptors (Lipinski definition) is 2. The Labute approximate surface area is 116 Å². The molecule has 1 aromatic carbocycles. The van der Waals surface area contributed by atoms with E-state index in [2.05, 4.69) is 21.2 Å². The van der Waals surface area contributed by atoms with Gasteiger partial charge in [0.2, 0.25) is 5.91 Å². The van der Waals surface area contributed by atoms with Crippen molar-refractivity contribution in [2.75, 3.05) is 6.61 Å². The standard InChI is InChI=1S/C14H18BrNO2/c1-2-12(9-10-17)16-14(18)8-7-11-5-3-4-6-13(11)15/h3-8,12,17H,2,9-10H2,1H3,(H,16,18)/b8-7+. The summed E-state index contributed by atoms with van der Waals surface area (Å²) < 4.78 is 0.955. The lowest BCUT2D eigenvalue weighted by molar-refractivity contribution is -0.117. The third-order valence-electron chi connectivity index (χ3n) is 2.64. The van der Waals surface area contributed by atoms with Gasteiger partial charge in [-0.2, -0.15) is 0 Å². The summed E-state index contributed by atoms with van der Waals surface area (Å²) >= 11 is 3.42. The lowest BCUT2D eigenvalue weighted by Crippen LogP contribution is -2.33. The molecule has 1 atom stereocenters. The second kappa shape index (κ2) is 8.06. The molecule has 0 radical (unpaired) electrons. The van der Waals surface area contributed by atoms with Crippen LogP contribution in [0.1, 0.15) is 25.3 Å². The maximum absolute atomic E-state index is 11.7. The fourth-order valence-electron chi connectivity index (χ4n) is 1.56. The lowest BCUT2D eigenvalue weighted by atomic mass is 10.1. The van der Waals surface area contributed by atoms with Gasteiger partial charge in [-0.15, -0.1) is 0 Å². The van der Waals surface area contributed by atoms with Crippen LogP contribution in [0.3, 0.4) is 0 Å². The van der Waals surface area contributed by atoms with E-state index in [0.717, 1.165) is 16.5 Å². The number of amides is 1. The van der Waals surface area contributed by atoms with Crippen LogP contribution in [-0.2, 0) is 4.79 Å². The summed E-state index contributed by atoms with van der Waals surface area (Å²) in [5.74, 6) is -0.133. The van der Waals surface area contributed by atoms with E-state index in [-0.39, 0.29) is 18.6 Å². The van der Waals surface area contributed by atoms with E-state index in [9.17, 15) is 4.79 Å². The molecule has 1 amide bonds. The van der Waals surface area contributed by atoms with Crippen LogP contribution in [-0.4, -0.2) is 23.7 Å². The van der Waals surface area contributed by atoms with Crippen molar-refractivity contribution < 1.29 is 9.90 Å². The van der Waals surface area contributed by atoms with E-state index in [0.29, 0.717) is 6.42 Å². The molecular weight excluding hydrogens is 294 g/mol. The van der Waals surface area contributed by atoms with Gasteiger partial charge in [-0.3, -0.25) is 4.79 Å². The quantitative estimate of drug-likeness (QED) is 0.794. The van der Waals surface area contributed by atoms with E-state index in [1.807, 2.05) is 31.2 Å². The molecule has 18 heavy (non-hydrogen) atoms. The van der Waals surface area contributed by atoms with Crippen LogP contribution in [0.2, 0.25) is 0 Å². The highest BCUT2D eigenvalue weighted by Gasteiger charge is 2.07. The van der Waals surface area contributed by atoms with E-state index in [1.54, 1.807) is 6.08 Å². The fourth-order valence-corrected chi connectivity index (χ4v) is 1.98. The van der Waals surface area contributed by atoms with Crippen LogP contribution in [0.25, 0.3) is 6.08 Å². The first-order chi connectivity index (χ1) is 8.67. The average Bonchev–Trinajstić information content (AvgIpc) is 2.37. The van der Waals surface area contributed by atoms with Crippen molar-refractivity contribution in [3.63, 3.8) is 0 Å². The first-order valence-electron chi connectivity index (χ1n) is 6.01. The first kappa shape index (κ1) is 14.9. The summed E-state index contributed by atoms with van der Waals surface area (Å²) in [6, 6.07) is 7.74. The topological polar surface area (TPSA) is 49.3 Å². The fraction of sp³-hybridized carbons (Fsp3) is 0.357. The molecule has 0 aliphatic rings. The van der Waals surface area contributed by atoms with Crippen LogP contribution in [0, 0.1) is 0 Å².